The van der Waals surface area contributed by atoms with E-state index in [1.165, 1.54) is 12.1 Å². The molecule has 5 heteroatoms. The van der Waals surface area contributed by atoms with Gasteiger partial charge in [-0.25, -0.2) is 4.39 Å². The Kier molecular flexibility index (Phi) is 4.48. The van der Waals surface area contributed by atoms with Gasteiger partial charge < -0.3 is 15.1 Å². The third kappa shape index (κ3) is 3.79. The maximum Gasteiger partial charge on any atom is 0.287 e. The fourth-order valence-electron chi connectivity index (χ4n) is 2.82. The Hall–Kier alpha value is -2.14. The summed E-state index contributed by atoms with van der Waals surface area (Å²) in [5, 5.41) is 6.29. The van der Waals surface area contributed by atoms with E-state index in [-0.39, 0.29) is 22.9 Å². The number of furan rings is 1. The molecule has 0 saturated carbocycles. The van der Waals surface area contributed by atoms with Crippen molar-refractivity contribution in [2.24, 2.45) is 5.41 Å². The van der Waals surface area contributed by atoms with Crippen molar-refractivity contribution in [2.45, 2.75) is 19.8 Å². The lowest BCUT2D eigenvalue weighted by molar-refractivity contribution is 0.0895. The summed E-state index contributed by atoms with van der Waals surface area (Å²) in [5.41, 5.74) is 0.878. The largest absolute Gasteiger partial charge is 0.451 e. The number of piperidine rings is 1. The van der Waals surface area contributed by atoms with Gasteiger partial charge >= 0.3 is 0 Å². The van der Waals surface area contributed by atoms with Gasteiger partial charge in [0.15, 0.2) is 5.76 Å². The number of rotatable bonds is 4. The van der Waals surface area contributed by atoms with Crippen LogP contribution in [0.5, 0.6) is 0 Å². The second kappa shape index (κ2) is 6.54. The highest BCUT2D eigenvalue weighted by atomic mass is 19.1. The Morgan fingerprint density at radius 1 is 1.22 bits per heavy atom. The van der Waals surface area contributed by atoms with Gasteiger partial charge in [-0.05, 0) is 67.7 Å². The molecule has 1 fully saturated rings. The van der Waals surface area contributed by atoms with Gasteiger partial charge in [0.1, 0.15) is 11.6 Å². The molecule has 4 nitrogen and oxygen atoms in total. The van der Waals surface area contributed by atoms with Gasteiger partial charge in [-0.1, -0.05) is 6.92 Å². The zero-order valence-electron chi connectivity index (χ0n) is 13.2. The van der Waals surface area contributed by atoms with Crippen LogP contribution >= 0.6 is 0 Å². The molecule has 0 bridgehead atoms. The molecule has 2 aromatic rings. The zero-order chi connectivity index (χ0) is 16.3. The Bertz CT molecular complexity index is 673. The molecule has 2 heterocycles. The molecule has 1 saturated heterocycles. The highest BCUT2D eigenvalue weighted by Crippen LogP contribution is 2.27. The van der Waals surface area contributed by atoms with Crippen LogP contribution in [0.15, 0.2) is 40.8 Å². The third-order valence-corrected chi connectivity index (χ3v) is 4.44. The average molecular weight is 316 g/mol. The molecule has 2 N–H and O–H groups in total. The van der Waals surface area contributed by atoms with Crippen LogP contribution in [0, 0.1) is 11.2 Å². The molecule has 122 valence electrons. The first-order valence-corrected chi connectivity index (χ1v) is 7.90. The molecule has 0 atom stereocenters. The van der Waals surface area contributed by atoms with Gasteiger partial charge in [-0.2, -0.15) is 0 Å². The Balaban J connectivity index is 1.63. The Labute approximate surface area is 135 Å². The summed E-state index contributed by atoms with van der Waals surface area (Å²) in [7, 11) is 0. The van der Waals surface area contributed by atoms with Crippen molar-refractivity contribution >= 4 is 5.91 Å². The summed E-state index contributed by atoms with van der Waals surface area (Å²) < 4.78 is 18.5. The molecular weight excluding hydrogens is 295 g/mol. The smallest absolute Gasteiger partial charge is 0.287 e. The van der Waals surface area contributed by atoms with Crippen LogP contribution in [0.3, 0.4) is 0 Å². The quantitative estimate of drug-likeness (QED) is 0.911. The van der Waals surface area contributed by atoms with E-state index >= 15 is 0 Å². The van der Waals surface area contributed by atoms with E-state index in [4.69, 9.17) is 4.42 Å². The molecule has 1 aliphatic rings. The van der Waals surface area contributed by atoms with Crippen molar-refractivity contribution in [3.8, 4) is 11.3 Å². The minimum absolute atomic E-state index is 0.132. The number of benzene rings is 1. The summed E-state index contributed by atoms with van der Waals surface area (Å²) in [6, 6.07) is 9.39. The van der Waals surface area contributed by atoms with Crippen LogP contribution in [-0.4, -0.2) is 25.5 Å². The Morgan fingerprint density at radius 3 is 2.61 bits per heavy atom. The van der Waals surface area contributed by atoms with Crippen LogP contribution in [0.2, 0.25) is 0 Å². The molecule has 1 amide bonds. The molecule has 3 rings (SSSR count). The lowest BCUT2D eigenvalue weighted by Crippen LogP contribution is -2.42. The maximum atomic E-state index is 12.9. The topological polar surface area (TPSA) is 54.3 Å². The first-order valence-electron chi connectivity index (χ1n) is 7.90. The molecular formula is C18H21FN2O2. The molecule has 0 unspecified atom stereocenters. The van der Waals surface area contributed by atoms with Crippen molar-refractivity contribution in [1.29, 1.82) is 0 Å². The summed E-state index contributed by atoms with van der Waals surface area (Å²) in [5.74, 6) is 0.330. The predicted octanol–water partition coefficient (Wildman–Crippen LogP) is 3.21. The Morgan fingerprint density at radius 2 is 1.91 bits per heavy atom. The lowest BCUT2D eigenvalue weighted by atomic mass is 9.81. The van der Waals surface area contributed by atoms with Crippen molar-refractivity contribution < 1.29 is 13.6 Å². The van der Waals surface area contributed by atoms with E-state index < -0.39 is 0 Å². The standard InChI is InChI=1S/C18H21FN2O2/c1-18(8-10-20-11-9-18)12-21-17(22)16-7-6-15(23-16)13-2-4-14(19)5-3-13/h2-7,20H,8-12H2,1H3,(H,21,22). The number of carbonyl (C=O) groups is 1. The van der Waals surface area contributed by atoms with E-state index in [0.29, 0.717) is 12.3 Å². The van der Waals surface area contributed by atoms with Crippen molar-refractivity contribution in [2.75, 3.05) is 19.6 Å². The van der Waals surface area contributed by atoms with Crippen LogP contribution in [-0.2, 0) is 0 Å². The fourth-order valence-corrected chi connectivity index (χ4v) is 2.82. The summed E-state index contributed by atoms with van der Waals surface area (Å²) in [4.78, 5) is 12.2. The third-order valence-electron chi connectivity index (χ3n) is 4.44. The van der Waals surface area contributed by atoms with Crippen LogP contribution in [0.4, 0.5) is 4.39 Å². The first-order chi connectivity index (χ1) is 11.1. The minimum atomic E-state index is -0.298. The molecule has 1 aromatic heterocycles. The fraction of sp³-hybridized carbons (Fsp3) is 0.389. The highest BCUT2D eigenvalue weighted by Gasteiger charge is 2.27. The van der Waals surface area contributed by atoms with Crippen LogP contribution < -0.4 is 10.6 Å². The number of nitrogens with one attached hydrogen (secondary N) is 2. The van der Waals surface area contributed by atoms with Gasteiger partial charge in [0.05, 0.1) is 0 Å². The van der Waals surface area contributed by atoms with Gasteiger partial charge in [0.2, 0.25) is 0 Å². The van der Waals surface area contributed by atoms with Crippen LogP contribution in [0.1, 0.15) is 30.3 Å². The highest BCUT2D eigenvalue weighted by molar-refractivity contribution is 5.92. The van der Waals surface area contributed by atoms with Crippen molar-refractivity contribution in [1.82, 2.24) is 10.6 Å². The average Bonchev–Trinajstić information content (AvgIpc) is 3.04. The normalized spacial score (nSPS) is 17.0. The van der Waals surface area contributed by atoms with E-state index in [2.05, 4.69) is 17.6 Å². The van der Waals surface area contributed by atoms with E-state index in [9.17, 15) is 9.18 Å². The van der Waals surface area contributed by atoms with Crippen molar-refractivity contribution in [3.63, 3.8) is 0 Å². The minimum Gasteiger partial charge on any atom is -0.451 e. The van der Waals surface area contributed by atoms with Gasteiger partial charge in [0.25, 0.3) is 5.91 Å². The molecule has 0 radical (unpaired) electrons. The van der Waals surface area contributed by atoms with E-state index in [1.54, 1.807) is 24.3 Å². The first kappa shape index (κ1) is 15.7. The SMILES string of the molecule is CC1(CNC(=O)c2ccc(-c3ccc(F)cc3)o2)CCNCC1. The number of amides is 1. The monoisotopic (exact) mass is 316 g/mol. The van der Waals surface area contributed by atoms with Gasteiger partial charge in [-0.3, -0.25) is 4.79 Å². The predicted molar refractivity (Wildman–Crippen MR) is 86.6 cm³/mol. The van der Waals surface area contributed by atoms with Crippen LogP contribution in [0.25, 0.3) is 11.3 Å². The molecule has 0 aliphatic carbocycles. The van der Waals surface area contributed by atoms with Gasteiger partial charge in [-0.15, -0.1) is 0 Å². The summed E-state index contributed by atoms with van der Waals surface area (Å²) in [6.07, 6.45) is 2.10. The second-order valence-electron chi connectivity index (χ2n) is 6.41. The summed E-state index contributed by atoms with van der Waals surface area (Å²) in [6.45, 7) is 4.81. The number of carbonyl (C=O) groups excluding carboxylic acids is 1. The second-order valence-corrected chi connectivity index (χ2v) is 6.41. The number of hydrogen-bond donors (Lipinski definition) is 2. The number of hydrogen-bond acceptors (Lipinski definition) is 3. The van der Waals surface area contributed by atoms with Crippen molar-refractivity contribution in [3.05, 3.63) is 48.0 Å². The maximum absolute atomic E-state index is 12.9. The molecule has 0 spiro atoms. The number of halogens is 1. The van der Waals surface area contributed by atoms with E-state index in [1.807, 2.05) is 0 Å². The molecule has 1 aliphatic heterocycles. The molecule has 23 heavy (non-hydrogen) atoms. The molecule has 1 aromatic carbocycles. The van der Waals surface area contributed by atoms with E-state index in [0.717, 1.165) is 31.5 Å². The lowest BCUT2D eigenvalue weighted by Gasteiger charge is -2.33. The summed E-state index contributed by atoms with van der Waals surface area (Å²) >= 11 is 0. The van der Waals surface area contributed by atoms with Gasteiger partial charge in [0, 0.05) is 12.1 Å². The zero-order valence-corrected chi connectivity index (χ0v) is 13.2.